The van der Waals surface area contributed by atoms with E-state index >= 15 is 0 Å². The normalized spacial score (nSPS) is 10.3. The van der Waals surface area contributed by atoms with Gasteiger partial charge in [-0.25, -0.2) is 8.78 Å². The first-order valence-electron chi connectivity index (χ1n) is 5.91. The Balaban J connectivity index is 0.00000180. The van der Waals surface area contributed by atoms with E-state index in [2.05, 4.69) is 0 Å². The van der Waals surface area contributed by atoms with Gasteiger partial charge in [0.15, 0.2) is 0 Å². The maximum atomic E-state index is 13.3. The van der Waals surface area contributed by atoms with Crippen LogP contribution in [0, 0.1) is 11.6 Å². The number of halogens is 3. The second-order valence-corrected chi connectivity index (χ2v) is 4.24. The van der Waals surface area contributed by atoms with Crippen LogP contribution >= 0.6 is 12.4 Å². The van der Waals surface area contributed by atoms with E-state index in [1.807, 2.05) is 12.1 Å². The second-order valence-electron chi connectivity index (χ2n) is 4.24. The van der Waals surface area contributed by atoms with Crippen molar-refractivity contribution in [1.29, 1.82) is 0 Å². The van der Waals surface area contributed by atoms with Crippen molar-refractivity contribution >= 4 is 12.4 Å². The Hall–Kier alpha value is -1.45. The van der Waals surface area contributed by atoms with Crippen molar-refractivity contribution in [3.8, 4) is 0 Å². The molecule has 102 valence electrons. The summed E-state index contributed by atoms with van der Waals surface area (Å²) in [7, 11) is 0. The summed E-state index contributed by atoms with van der Waals surface area (Å²) >= 11 is 0. The van der Waals surface area contributed by atoms with Gasteiger partial charge < -0.3 is 5.73 Å². The van der Waals surface area contributed by atoms with Gasteiger partial charge in [0.25, 0.3) is 0 Å². The van der Waals surface area contributed by atoms with Gasteiger partial charge in [-0.3, -0.25) is 0 Å². The van der Waals surface area contributed by atoms with Gasteiger partial charge in [-0.1, -0.05) is 24.3 Å². The van der Waals surface area contributed by atoms with Crippen LogP contribution in [0.25, 0.3) is 0 Å². The van der Waals surface area contributed by atoms with E-state index in [0.717, 1.165) is 11.1 Å². The highest BCUT2D eigenvalue weighted by molar-refractivity contribution is 5.85. The first-order chi connectivity index (χ1) is 8.70. The van der Waals surface area contributed by atoms with Gasteiger partial charge in [0.2, 0.25) is 0 Å². The van der Waals surface area contributed by atoms with Crippen molar-refractivity contribution in [3.05, 3.63) is 71.3 Å². The van der Waals surface area contributed by atoms with Crippen molar-refractivity contribution in [3.63, 3.8) is 0 Å². The molecule has 0 saturated heterocycles. The average molecular weight is 284 g/mol. The molecule has 0 bridgehead atoms. The monoisotopic (exact) mass is 283 g/mol. The molecule has 2 rings (SSSR count). The Morgan fingerprint density at radius 3 is 1.74 bits per heavy atom. The Morgan fingerprint density at radius 1 is 0.895 bits per heavy atom. The van der Waals surface area contributed by atoms with Crippen molar-refractivity contribution < 1.29 is 8.78 Å². The number of benzene rings is 2. The molecule has 0 amide bonds. The number of hydrogen-bond donors (Lipinski definition) is 1. The van der Waals surface area contributed by atoms with Gasteiger partial charge in [-0.15, -0.1) is 12.4 Å². The van der Waals surface area contributed by atoms with Crippen LogP contribution in [0.5, 0.6) is 0 Å². The van der Waals surface area contributed by atoms with E-state index in [1.165, 1.54) is 24.3 Å². The quantitative estimate of drug-likeness (QED) is 0.906. The molecule has 2 aromatic carbocycles. The summed E-state index contributed by atoms with van der Waals surface area (Å²) in [6.07, 6.45) is 0.660. The van der Waals surface area contributed by atoms with E-state index in [4.69, 9.17) is 5.73 Å². The van der Waals surface area contributed by atoms with Crippen LogP contribution in [0.3, 0.4) is 0 Å². The molecule has 19 heavy (non-hydrogen) atoms. The lowest BCUT2D eigenvalue weighted by Gasteiger charge is -2.17. The highest BCUT2D eigenvalue weighted by atomic mass is 35.5. The maximum absolute atomic E-state index is 13.3. The molecule has 2 aromatic rings. The smallest absolute Gasteiger partial charge is 0.123 e. The number of rotatable bonds is 4. The minimum Gasteiger partial charge on any atom is -0.330 e. The van der Waals surface area contributed by atoms with Crippen LogP contribution < -0.4 is 5.73 Å². The van der Waals surface area contributed by atoms with Crippen molar-refractivity contribution in [1.82, 2.24) is 0 Å². The zero-order chi connectivity index (χ0) is 13.0. The minimum absolute atomic E-state index is 0. The van der Waals surface area contributed by atoms with Crippen LogP contribution in [-0.4, -0.2) is 6.54 Å². The summed E-state index contributed by atoms with van der Waals surface area (Å²) in [6, 6.07) is 12.8. The van der Waals surface area contributed by atoms with E-state index in [0.29, 0.717) is 13.0 Å². The summed E-state index contributed by atoms with van der Waals surface area (Å²) in [4.78, 5) is 0. The summed E-state index contributed by atoms with van der Waals surface area (Å²) < 4.78 is 26.5. The molecule has 0 saturated carbocycles. The third-order valence-corrected chi connectivity index (χ3v) is 2.96. The molecule has 0 spiro atoms. The molecule has 0 atom stereocenters. The average Bonchev–Trinajstić information content (AvgIpc) is 2.36. The maximum Gasteiger partial charge on any atom is 0.123 e. The summed E-state index contributed by atoms with van der Waals surface area (Å²) in [5, 5.41) is 0. The first-order valence-corrected chi connectivity index (χ1v) is 5.91. The van der Waals surface area contributed by atoms with Gasteiger partial charge in [-0.05, 0) is 48.4 Å². The second kappa shape index (κ2) is 7.22. The largest absolute Gasteiger partial charge is 0.330 e. The van der Waals surface area contributed by atoms with Gasteiger partial charge in [-0.2, -0.15) is 0 Å². The predicted octanol–water partition coefficient (Wildman–Crippen LogP) is 3.87. The first kappa shape index (κ1) is 15.6. The third-order valence-electron chi connectivity index (χ3n) is 2.96. The summed E-state index contributed by atoms with van der Waals surface area (Å²) in [5.74, 6) is -0.641. The molecule has 0 radical (unpaired) electrons. The fourth-order valence-corrected chi connectivity index (χ4v) is 2.14. The third kappa shape index (κ3) is 4.01. The Kier molecular flexibility index (Phi) is 5.93. The zero-order valence-electron chi connectivity index (χ0n) is 10.4. The van der Waals surface area contributed by atoms with Crippen LogP contribution in [0.1, 0.15) is 23.5 Å². The summed E-state index contributed by atoms with van der Waals surface area (Å²) in [5.41, 5.74) is 7.24. The molecule has 0 aromatic heterocycles. The van der Waals surface area contributed by atoms with Crippen LogP contribution in [-0.2, 0) is 0 Å². The van der Waals surface area contributed by atoms with Gasteiger partial charge >= 0.3 is 0 Å². The molecular weight excluding hydrogens is 268 g/mol. The molecule has 0 fully saturated rings. The van der Waals surface area contributed by atoms with E-state index in [-0.39, 0.29) is 30.0 Å². The topological polar surface area (TPSA) is 26.0 Å². The minimum atomic E-state index is -0.286. The van der Waals surface area contributed by atoms with E-state index < -0.39 is 0 Å². The SMILES string of the molecule is Cl.NCCC(c1cccc(F)c1)c1cccc(F)c1. The van der Waals surface area contributed by atoms with Crippen LogP contribution in [0.4, 0.5) is 8.78 Å². The standard InChI is InChI=1S/C15H15F2N.ClH/c16-13-5-1-3-11(9-13)15(7-8-18)12-4-2-6-14(17)10-12;/h1-6,9-10,15H,7-8,18H2;1H. The highest BCUT2D eigenvalue weighted by Crippen LogP contribution is 2.28. The number of hydrogen-bond acceptors (Lipinski definition) is 1. The molecule has 0 unspecified atom stereocenters. The van der Waals surface area contributed by atoms with Gasteiger partial charge in [0.05, 0.1) is 0 Å². The fourth-order valence-electron chi connectivity index (χ4n) is 2.14. The lowest BCUT2D eigenvalue weighted by molar-refractivity contribution is 0.614. The van der Waals surface area contributed by atoms with Gasteiger partial charge in [0, 0.05) is 5.92 Å². The van der Waals surface area contributed by atoms with E-state index in [9.17, 15) is 8.78 Å². The molecule has 0 heterocycles. The molecule has 4 heteroatoms. The highest BCUT2D eigenvalue weighted by Gasteiger charge is 2.14. The lowest BCUT2D eigenvalue weighted by atomic mass is 9.88. The molecule has 1 nitrogen and oxygen atoms in total. The molecule has 0 aliphatic heterocycles. The van der Waals surface area contributed by atoms with Crippen molar-refractivity contribution in [2.75, 3.05) is 6.54 Å². The molecule has 2 N–H and O–H groups in total. The Labute approximate surface area is 117 Å². The number of nitrogens with two attached hydrogens (primary N) is 1. The predicted molar refractivity (Wildman–Crippen MR) is 75.6 cm³/mol. The fraction of sp³-hybridized carbons (Fsp3) is 0.200. The molecule has 0 aliphatic rings. The van der Waals surface area contributed by atoms with Gasteiger partial charge in [0.1, 0.15) is 11.6 Å². The van der Waals surface area contributed by atoms with E-state index in [1.54, 1.807) is 12.1 Å². The van der Waals surface area contributed by atoms with Crippen molar-refractivity contribution in [2.45, 2.75) is 12.3 Å². The molecular formula is C15H16ClF2N. The zero-order valence-corrected chi connectivity index (χ0v) is 11.2. The van der Waals surface area contributed by atoms with Crippen LogP contribution in [0.15, 0.2) is 48.5 Å². The van der Waals surface area contributed by atoms with Crippen molar-refractivity contribution in [2.24, 2.45) is 5.73 Å². The Bertz CT molecular complexity index is 486. The lowest BCUT2D eigenvalue weighted by Crippen LogP contribution is -2.09. The summed E-state index contributed by atoms with van der Waals surface area (Å²) in [6.45, 7) is 0.470. The Morgan fingerprint density at radius 2 is 1.37 bits per heavy atom. The molecule has 0 aliphatic carbocycles. The van der Waals surface area contributed by atoms with Crippen LogP contribution in [0.2, 0.25) is 0 Å².